The van der Waals surface area contributed by atoms with Crippen molar-refractivity contribution in [2.45, 2.75) is 45.6 Å². The lowest BCUT2D eigenvalue weighted by molar-refractivity contribution is -0.138. The van der Waals surface area contributed by atoms with Crippen LogP contribution >= 0.6 is 0 Å². The van der Waals surface area contributed by atoms with Gasteiger partial charge in [0.1, 0.15) is 0 Å². The first kappa shape index (κ1) is 13.7. The first-order valence-electron chi connectivity index (χ1n) is 5.90. The Morgan fingerprint density at radius 1 is 1.59 bits per heavy atom. The fraction of sp³-hybridized carbons (Fsp3) is 0.692. The molecule has 0 unspecified atom stereocenters. The summed E-state index contributed by atoms with van der Waals surface area (Å²) in [4.78, 5) is 15.0. The highest BCUT2D eigenvalue weighted by Crippen LogP contribution is 2.30. The van der Waals surface area contributed by atoms with Gasteiger partial charge in [0.05, 0.1) is 18.8 Å². The Hall–Kier alpha value is -1.34. The Morgan fingerprint density at radius 2 is 2.29 bits per heavy atom. The molecule has 94 valence electrons. The topological polar surface area (TPSA) is 39.9 Å². The van der Waals surface area contributed by atoms with Gasteiger partial charge in [-0.3, -0.25) is 4.79 Å². The molecule has 1 aliphatic rings. The smallest absolute Gasteiger partial charge is 0.336 e. The molecule has 0 amide bonds. The second kappa shape index (κ2) is 5.83. The third-order valence-electron chi connectivity index (χ3n) is 2.67. The molecular formula is C13H19NO3. The lowest BCUT2D eigenvalue weighted by atomic mass is 9.95. The molecule has 0 aromatic rings. The van der Waals surface area contributed by atoms with Crippen molar-refractivity contribution >= 4 is 5.97 Å². The maximum Gasteiger partial charge on any atom is 0.336 e. The number of hydrogen-bond donors (Lipinski definition) is 0. The third kappa shape index (κ3) is 3.86. The van der Waals surface area contributed by atoms with Crippen LogP contribution in [0.1, 0.15) is 40.0 Å². The molecule has 0 aromatic heterocycles. The van der Waals surface area contributed by atoms with Crippen LogP contribution in [0.3, 0.4) is 0 Å². The Morgan fingerprint density at radius 3 is 2.88 bits per heavy atom. The molecule has 0 saturated carbocycles. The van der Waals surface area contributed by atoms with E-state index in [2.05, 4.69) is 4.85 Å². The number of hydrogen-bond acceptors (Lipinski definition) is 3. The average molecular weight is 237 g/mol. The van der Waals surface area contributed by atoms with E-state index >= 15 is 0 Å². The highest BCUT2D eigenvalue weighted by atomic mass is 16.5. The van der Waals surface area contributed by atoms with Gasteiger partial charge < -0.3 is 9.47 Å². The SMILES string of the molecule is [C-]#[N+]C(C(=O)OCC)=C1CCCOC(C)(C)C1. The zero-order chi connectivity index (χ0) is 12.9. The van der Waals surface area contributed by atoms with E-state index in [4.69, 9.17) is 16.0 Å². The fourth-order valence-corrected chi connectivity index (χ4v) is 1.96. The van der Waals surface area contributed by atoms with Gasteiger partial charge in [-0.2, -0.15) is 0 Å². The van der Waals surface area contributed by atoms with Crippen LogP contribution in [0.5, 0.6) is 0 Å². The number of nitrogens with zero attached hydrogens (tertiary/aromatic N) is 1. The van der Waals surface area contributed by atoms with E-state index in [1.165, 1.54) is 0 Å². The van der Waals surface area contributed by atoms with Gasteiger partial charge in [-0.15, -0.1) is 0 Å². The van der Waals surface area contributed by atoms with Crippen LogP contribution in [0, 0.1) is 6.57 Å². The van der Waals surface area contributed by atoms with Crippen LogP contribution in [-0.2, 0) is 14.3 Å². The van der Waals surface area contributed by atoms with Gasteiger partial charge in [-0.1, -0.05) is 5.57 Å². The van der Waals surface area contributed by atoms with E-state index in [9.17, 15) is 4.79 Å². The van der Waals surface area contributed by atoms with Crippen molar-refractivity contribution < 1.29 is 14.3 Å². The van der Waals surface area contributed by atoms with Crippen LogP contribution in [0.2, 0.25) is 0 Å². The molecule has 1 heterocycles. The lowest BCUT2D eigenvalue weighted by Gasteiger charge is -2.23. The summed E-state index contributed by atoms with van der Waals surface area (Å²) in [6, 6.07) is 0. The molecule has 1 aliphatic heterocycles. The summed E-state index contributed by atoms with van der Waals surface area (Å²) < 4.78 is 10.6. The van der Waals surface area contributed by atoms with E-state index in [0.717, 1.165) is 18.4 Å². The highest BCUT2D eigenvalue weighted by Gasteiger charge is 2.27. The molecule has 0 aromatic carbocycles. The van der Waals surface area contributed by atoms with Gasteiger partial charge in [0.25, 0.3) is 5.70 Å². The van der Waals surface area contributed by atoms with Gasteiger partial charge in [0.15, 0.2) is 0 Å². The van der Waals surface area contributed by atoms with Crippen molar-refractivity contribution in [1.29, 1.82) is 0 Å². The number of carbonyl (C=O) groups is 1. The predicted octanol–water partition coefficient (Wildman–Crippen LogP) is 2.70. The molecule has 0 spiro atoms. The summed E-state index contributed by atoms with van der Waals surface area (Å²) in [5.74, 6) is -0.504. The molecule has 1 rings (SSSR count). The van der Waals surface area contributed by atoms with Crippen molar-refractivity contribution in [2.75, 3.05) is 13.2 Å². The van der Waals surface area contributed by atoms with E-state index in [0.29, 0.717) is 19.6 Å². The number of carbonyl (C=O) groups excluding carboxylic acids is 1. The normalized spacial score (nSPS) is 22.2. The summed E-state index contributed by atoms with van der Waals surface area (Å²) in [6.45, 7) is 13.8. The van der Waals surface area contributed by atoms with Crippen molar-refractivity contribution in [1.82, 2.24) is 0 Å². The second-order valence-electron chi connectivity index (χ2n) is 4.67. The number of rotatable bonds is 2. The maximum atomic E-state index is 11.7. The maximum absolute atomic E-state index is 11.7. The van der Waals surface area contributed by atoms with E-state index < -0.39 is 5.97 Å². The first-order chi connectivity index (χ1) is 8.00. The first-order valence-corrected chi connectivity index (χ1v) is 5.90. The van der Waals surface area contributed by atoms with Crippen LogP contribution in [-0.4, -0.2) is 24.8 Å². The Bertz CT molecular complexity index is 363. The third-order valence-corrected chi connectivity index (χ3v) is 2.67. The molecule has 0 radical (unpaired) electrons. The lowest BCUT2D eigenvalue weighted by Crippen LogP contribution is -2.24. The van der Waals surface area contributed by atoms with Gasteiger partial charge >= 0.3 is 5.97 Å². The molecule has 1 fully saturated rings. The molecule has 0 atom stereocenters. The molecule has 4 nitrogen and oxygen atoms in total. The van der Waals surface area contributed by atoms with Crippen molar-refractivity contribution in [2.24, 2.45) is 0 Å². The van der Waals surface area contributed by atoms with Gasteiger partial charge in [0.2, 0.25) is 0 Å². The molecule has 17 heavy (non-hydrogen) atoms. The fourth-order valence-electron chi connectivity index (χ4n) is 1.96. The minimum absolute atomic E-state index is 0.144. The van der Waals surface area contributed by atoms with Crippen LogP contribution in [0.4, 0.5) is 0 Å². The summed E-state index contributed by atoms with van der Waals surface area (Å²) in [5.41, 5.74) is 0.695. The van der Waals surface area contributed by atoms with Gasteiger partial charge in [0, 0.05) is 6.61 Å². The predicted molar refractivity (Wildman–Crippen MR) is 64.1 cm³/mol. The minimum atomic E-state index is -0.504. The summed E-state index contributed by atoms with van der Waals surface area (Å²) in [6.07, 6.45) is 2.20. The summed E-state index contributed by atoms with van der Waals surface area (Å²) in [5, 5.41) is 0. The molecular weight excluding hydrogens is 218 g/mol. The summed E-state index contributed by atoms with van der Waals surface area (Å²) in [7, 11) is 0. The standard InChI is InChI=1S/C13H19NO3/c1-5-16-12(15)11(14-4)10-7-6-8-17-13(2,3)9-10/h5-9H2,1-3H3. The van der Waals surface area contributed by atoms with Crippen LogP contribution < -0.4 is 0 Å². The highest BCUT2D eigenvalue weighted by molar-refractivity contribution is 5.91. The molecule has 1 saturated heterocycles. The zero-order valence-corrected chi connectivity index (χ0v) is 10.7. The monoisotopic (exact) mass is 237 g/mol. The number of esters is 1. The van der Waals surface area contributed by atoms with Crippen LogP contribution in [0.15, 0.2) is 11.3 Å². The molecule has 0 N–H and O–H groups in total. The zero-order valence-electron chi connectivity index (χ0n) is 10.7. The van der Waals surface area contributed by atoms with Gasteiger partial charge in [-0.25, -0.2) is 4.85 Å². The Labute approximate surface area is 102 Å². The molecule has 4 heteroatoms. The van der Waals surface area contributed by atoms with Crippen LogP contribution in [0.25, 0.3) is 4.85 Å². The van der Waals surface area contributed by atoms with Crippen molar-refractivity contribution in [3.05, 3.63) is 22.7 Å². The second-order valence-corrected chi connectivity index (χ2v) is 4.67. The van der Waals surface area contributed by atoms with E-state index in [-0.39, 0.29) is 11.3 Å². The number of ether oxygens (including phenoxy) is 2. The van der Waals surface area contributed by atoms with Crippen molar-refractivity contribution in [3.63, 3.8) is 0 Å². The van der Waals surface area contributed by atoms with E-state index in [1.54, 1.807) is 6.92 Å². The van der Waals surface area contributed by atoms with Gasteiger partial charge in [-0.05, 0) is 40.0 Å². The Balaban J connectivity index is 2.98. The quantitative estimate of drug-likeness (QED) is 0.421. The Kier molecular flexibility index (Phi) is 4.71. The minimum Gasteiger partial charge on any atom is -0.471 e. The summed E-state index contributed by atoms with van der Waals surface area (Å²) >= 11 is 0. The largest absolute Gasteiger partial charge is 0.471 e. The average Bonchev–Trinajstić information content (AvgIpc) is 2.41. The molecule has 0 aliphatic carbocycles. The van der Waals surface area contributed by atoms with E-state index in [1.807, 2.05) is 13.8 Å². The van der Waals surface area contributed by atoms with Crippen molar-refractivity contribution in [3.8, 4) is 0 Å². The molecule has 0 bridgehead atoms.